The number of carbonyl (C=O) groups excluding carboxylic acids is 3. The molecule has 2 fully saturated rings. The molecular weight excluding hydrogens is 352 g/mol. The Morgan fingerprint density at radius 2 is 1.85 bits per heavy atom. The number of benzene rings is 1. The van der Waals surface area contributed by atoms with Crippen LogP contribution < -0.4 is 19.7 Å². The highest BCUT2D eigenvalue weighted by Gasteiger charge is 2.33. The van der Waals surface area contributed by atoms with Crippen LogP contribution in [0.25, 0.3) is 0 Å². The number of carbonyl (C=O) groups is 3. The topological polar surface area (TPSA) is 91.4 Å². The number of anilines is 1. The van der Waals surface area contributed by atoms with Crippen LogP contribution in [0.4, 0.5) is 10.5 Å². The quantitative estimate of drug-likeness (QED) is 0.755. The van der Waals surface area contributed by atoms with E-state index in [1.54, 1.807) is 26.8 Å². The summed E-state index contributed by atoms with van der Waals surface area (Å²) >= 11 is 0. The molecule has 0 saturated carbocycles. The van der Waals surface area contributed by atoms with E-state index in [0.717, 1.165) is 12.1 Å². The number of hydrogen-bond donors (Lipinski definition) is 1. The molecule has 2 saturated heterocycles. The van der Waals surface area contributed by atoms with Crippen molar-refractivity contribution in [3.63, 3.8) is 0 Å². The number of nitrogens with one attached hydrogen (secondary N) is 1. The lowest BCUT2D eigenvalue weighted by Gasteiger charge is -2.33. The van der Waals surface area contributed by atoms with Crippen molar-refractivity contribution in [2.24, 2.45) is 0 Å². The zero-order valence-electron chi connectivity index (χ0n) is 14.9. The van der Waals surface area contributed by atoms with Gasteiger partial charge in [0.25, 0.3) is 0 Å². The molecule has 4 rings (SSSR count). The third kappa shape index (κ3) is 3.62. The van der Waals surface area contributed by atoms with E-state index in [9.17, 15) is 14.4 Å². The molecule has 0 bridgehead atoms. The van der Waals surface area contributed by atoms with Gasteiger partial charge in [0.2, 0.25) is 12.3 Å². The first-order valence-corrected chi connectivity index (χ1v) is 9.09. The molecule has 144 valence electrons. The fraction of sp³-hybridized carbons (Fsp3) is 0.500. The van der Waals surface area contributed by atoms with Crippen molar-refractivity contribution in [1.29, 1.82) is 0 Å². The first kappa shape index (κ1) is 17.4. The van der Waals surface area contributed by atoms with Crippen LogP contribution in [0.3, 0.4) is 0 Å². The molecule has 0 aliphatic carbocycles. The number of nitrogens with zero attached hydrogens (tertiary/aromatic N) is 3. The maximum absolute atomic E-state index is 12.4. The van der Waals surface area contributed by atoms with Crippen molar-refractivity contribution in [3.8, 4) is 11.5 Å². The van der Waals surface area contributed by atoms with Crippen LogP contribution in [-0.4, -0.2) is 80.1 Å². The molecule has 3 aliphatic heterocycles. The fourth-order valence-corrected chi connectivity index (χ4v) is 3.55. The van der Waals surface area contributed by atoms with Gasteiger partial charge >= 0.3 is 6.03 Å². The van der Waals surface area contributed by atoms with Crippen LogP contribution >= 0.6 is 0 Å². The summed E-state index contributed by atoms with van der Waals surface area (Å²) in [4.78, 5) is 40.6. The van der Waals surface area contributed by atoms with Crippen molar-refractivity contribution in [1.82, 2.24) is 15.1 Å². The summed E-state index contributed by atoms with van der Waals surface area (Å²) in [6.45, 7) is 3.48. The lowest BCUT2D eigenvalue weighted by molar-refractivity contribution is -0.119. The predicted octanol–water partition coefficient (Wildman–Crippen LogP) is 0.0467. The number of hydrogen-bond acceptors (Lipinski definition) is 5. The average molecular weight is 374 g/mol. The van der Waals surface area contributed by atoms with Gasteiger partial charge in [0.1, 0.15) is 13.2 Å². The molecule has 9 heteroatoms. The number of amides is 4. The van der Waals surface area contributed by atoms with Gasteiger partial charge in [-0.1, -0.05) is 0 Å². The van der Waals surface area contributed by atoms with Crippen LogP contribution in [0.5, 0.6) is 11.5 Å². The van der Waals surface area contributed by atoms with Crippen LogP contribution in [0.1, 0.15) is 6.42 Å². The first-order chi connectivity index (χ1) is 13.1. The normalized spacial score (nSPS) is 22.0. The van der Waals surface area contributed by atoms with Crippen LogP contribution in [0, 0.1) is 0 Å². The van der Waals surface area contributed by atoms with E-state index < -0.39 is 0 Å². The summed E-state index contributed by atoms with van der Waals surface area (Å²) in [5.41, 5.74) is 0.737. The molecule has 1 atom stereocenters. The van der Waals surface area contributed by atoms with E-state index in [4.69, 9.17) is 9.47 Å². The first-order valence-electron chi connectivity index (χ1n) is 9.09. The monoisotopic (exact) mass is 374 g/mol. The molecule has 0 aromatic heterocycles. The molecule has 1 N–H and O–H groups in total. The van der Waals surface area contributed by atoms with Gasteiger partial charge < -0.3 is 29.5 Å². The van der Waals surface area contributed by atoms with E-state index in [2.05, 4.69) is 5.32 Å². The summed E-state index contributed by atoms with van der Waals surface area (Å²) < 4.78 is 11.1. The lowest BCUT2D eigenvalue weighted by atomic mass is 10.2. The smallest absolute Gasteiger partial charge is 0.317 e. The molecule has 4 amide bonds. The lowest BCUT2D eigenvalue weighted by Crippen LogP contribution is -2.53. The van der Waals surface area contributed by atoms with Gasteiger partial charge in [-0.05, 0) is 12.1 Å². The minimum atomic E-state index is -0.248. The standard InChI is InChI=1S/C18H22N4O5/c23-12-20-3-5-21(6-4-20)18(25)19-13-9-17(24)22(11-13)14-1-2-15-16(10-14)27-8-7-26-15/h1-2,10,12-13H,3-9,11H2,(H,19,25)/t13-/m0/s1. The van der Waals surface area contributed by atoms with Crippen LogP contribution in [-0.2, 0) is 9.59 Å². The fourth-order valence-electron chi connectivity index (χ4n) is 3.55. The van der Waals surface area contributed by atoms with E-state index >= 15 is 0 Å². The molecule has 9 nitrogen and oxygen atoms in total. The summed E-state index contributed by atoms with van der Waals surface area (Å²) in [6, 6.07) is 4.99. The zero-order valence-corrected chi connectivity index (χ0v) is 14.9. The second-order valence-corrected chi connectivity index (χ2v) is 6.81. The molecule has 0 radical (unpaired) electrons. The predicted molar refractivity (Wildman–Crippen MR) is 95.9 cm³/mol. The zero-order chi connectivity index (χ0) is 18.8. The number of fused-ring (bicyclic) bond motifs is 1. The van der Waals surface area contributed by atoms with Gasteiger partial charge in [0.05, 0.1) is 6.04 Å². The molecule has 0 spiro atoms. The van der Waals surface area contributed by atoms with Crippen LogP contribution in [0.2, 0.25) is 0 Å². The number of ether oxygens (including phenoxy) is 2. The molecule has 1 aromatic carbocycles. The third-order valence-electron chi connectivity index (χ3n) is 5.04. The SMILES string of the molecule is O=CN1CCN(C(=O)N[C@H]2CC(=O)N(c3ccc4c(c3)OCCO4)C2)CC1. The Morgan fingerprint density at radius 3 is 2.59 bits per heavy atom. The van der Waals surface area contributed by atoms with Crippen molar-refractivity contribution in [2.75, 3.05) is 50.8 Å². The van der Waals surface area contributed by atoms with Crippen molar-refractivity contribution < 1.29 is 23.9 Å². The van der Waals surface area contributed by atoms with Gasteiger partial charge in [-0.15, -0.1) is 0 Å². The number of urea groups is 1. The van der Waals surface area contributed by atoms with Gasteiger partial charge in [-0.2, -0.15) is 0 Å². The highest BCUT2D eigenvalue weighted by molar-refractivity contribution is 5.97. The second kappa shape index (κ2) is 7.34. The van der Waals surface area contributed by atoms with Crippen molar-refractivity contribution in [3.05, 3.63) is 18.2 Å². The Hall–Kier alpha value is -2.97. The Balaban J connectivity index is 1.36. The maximum Gasteiger partial charge on any atom is 0.317 e. The highest BCUT2D eigenvalue weighted by atomic mass is 16.6. The maximum atomic E-state index is 12.4. The number of piperazine rings is 1. The third-order valence-corrected chi connectivity index (χ3v) is 5.04. The molecular formula is C18H22N4O5. The molecule has 3 aliphatic rings. The van der Waals surface area contributed by atoms with Crippen molar-refractivity contribution in [2.45, 2.75) is 12.5 Å². The molecule has 1 aromatic rings. The molecule has 3 heterocycles. The van der Waals surface area contributed by atoms with Crippen LogP contribution in [0.15, 0.2) is 18.2 Å². The molecule has 27 heavy (non-hydrogen) atoms. The Labute approximate surface area is 156 Å². The summed E-state index contributed by atoms with van der Waals surface area (Å²) in [6.07, 6.45) is 1.06. The van der Waals surface area contributed by atoms with Crippen molar-refractivity contribution >= 4 is 24.0 Å². The van der Waals surface area contributed by atoms with Gasteiger partial charge in [-0.25, -0.2) is 4.79 Å². The average Bonchev–Trinajstić information content (AvgIpc) is 3.07. The second-order valence-electron chi connectivity index (χ2n) is 6.81. The minimum Gasteiger partial charge on any atom is -0.486 e. The highest BCUT2D eigenvalue weighted by Crippen LogP contribution is 2.35. The van der Waals surface area contributed by atoms with E-state index in [0.29, 0.717) is 57.4 Å². The minimum absolute atomic E-state index is 0.0391. The van der Waals surface area contributed by atoms with E-state index in [1.807, 2.05) is 6.07 Å². The van der Waals surface area contributed by atoms with Gasteiger partial charge in [0, 0.05) is 50.9 Å². The molecule has 0 unspecified atom stereocenters. The Kier molecular flexibility index (Phi) is 4.74. The van der Waals surface area contributed by atoms with Gasteiger partial charge in [-0.3, -0.25) is 9.59 Å². The Morgan fingerprint density at radius 1 is 1.11 bits per heavy atom. The van der Waals surface area contributed by atoms with Gasteiger partial charge in [0.15, 0.2) is 11.5 Å². The Bertz CT molecular complexity index is 747. The summed E-state index contributed by atoms with van der Waals surface area (Å²) in [5.74, 6) is 1.27. The largest absolute Gasteiger partial charge is 0.486 e. The van der Waals surface area contributed by atoms with E-state index in [1.165, 1.54) is 0 Å². The number of rotatable bonds is 3. The summed E-state index contributed by atoms with van der Waals surface area (Å²) in [5, 5.41) is 2.94. The van der Waals surface area contributed by atoms with E-state index in [-0.39, 0.29) is 24.4 Å². The summed E-state index contributed by atoms with van der Waals surface area (Å²) in [7, 11) is 0.